The molecule has 0 aliphatic heterocycles. The Morgan fingerprint density at radius 1 is 1.13 bits per heavy atom. The van der Waals surface area contributed by atoms with E-state index in [9.17, 15) is 9.90 Å². The highest BCUT2D eigenvalue weighted by atomic mass is 16.3. The summed E-state index contributed by atoms with van der Waals surface area (Å²) in [5.41, 5.74) is 5.91. The molecule has 30 heavy (non-hydrogen) atoms. The molecule has 0 amide bonds. The summed E-state index contributed by atoms with van der Waals surface area (Å²) >= 11 is 0. The Labute approximate surface area is 183 Å². The van der Waals surface area contributed by atoms with Crippen molar-refractivity contribution in [2.24, 2.45) is 34.5 Å². The molecule has 4 aliphatic carbocycles. The van der Waals surface area contributed by atoms with E-state index in [1.165, 1.54) is 44.1 Å². The lowest BCUT2D eigenvalue weighted by Gasteiger charge is -2.55. The summed E-state index contributed by atoms with van der Waals surface area (Å²) in [6.45, 7) is 14.1. The number of aliphatic hydroxyl groups excluding tert-OH is 1. The van der Waals surface area contributed by atoms with Crippen LogP contribution in [0.4, 0.5) is 0 Å². The van der Waals surface area contributed by atoms with Gasteiger partial charge >= 0.3 is 0 Å². The largest absolute Gasteiger partial charge is 0.385 e. The van der Waals surface area contributed by atoms with Crippen molar-refractivity contribution in [1.29, 1.82) is 0 Å². The summed E-state index contributed by atoms with van der Waals surface area (Å²) in [6.07, 6.45) is 12.6. The third-order valence-electron chi connectivity index (χ3n) is 10.0. The SMILES string of the molecule is CC(C)=C(C)CC[C@@H](C)[C@H]1CC[C@H]2C3=C[C@@H](O)C4=CC(=O)CC[C@]4(C)[C@H]3CC[C@]12C. The number of ketones is 1. The maximum absolute atomic E-state index is 12.1. The first kappa shape index (κ1) is 22.1. The second kappa shape index (κ2) is 7.76. The van der Waals surface area contributed by atoms with Gasteiger partial charge in [0.1, 0.15) is 0 Å². The quantitative estimate of drug-likeness (QED) is 0.518. The van der Waals surface area contributed by atoms with Crippen LogP contribution in [0.3, 0.4) is 0 Å². The van der Waals surface area contributed by atoms with Gasteiger partial charge in [0, 0.05) is 6.42 Å². The van der Waals surface area contributed by atoms with Gasteiger partial charge < -0.3 is 5.11 Å². The van der Waals surface area contributed by atoms with Gasteiger partial charge in [-0.25, -0.2) is 0 Å². The summed E-state index contributed by atoms with van der Waals surface area (Å²) in [6, 6.07) is 0. The van der Waals surface area contributed by atoms with Crippen molar-refractivity contribution in [2.75, 3.05) is 0 Å². The number of carbonyl (C=O) groups is 1. The molecule has 166 valence electrons. The Morgan fingerprint density at radius 3 is 2.57 bits per heavy atom. The molecule has 0 heterocycles. The lowest BCUT2D eigenvalue weighted by molar-refractivity contribution is -0.116. The first-order valence-corrected chi connectivity index (χ1v) is 12.4. The summed E-state index contributed by atoms with van der Waals surface area (Å²) < 4.78 is 0. The van der Waals surface area contributed by atoms with Crippen molar-refractivity contribution in [3.05, 3.63) is 34.4 Å². The summed E-state index contributed by atoms with van der Waals surface area (Å²) in [5, 5.41) is 11.0. The van der Waals surface area contributed by atoms with Gasteiger partial charge in [-0.1, -0.05) is 43.6 Å². The van der Waals surface area contributed by atoms with Gasteiger partial charge in [0.05, 0.1) is 6.10 Å². The zero-order valence-corrected chi connectivity index (χ0v) is 20.1. The predicted molar refractivity (Wildman–Crippen MR) is 124 cm³/mol. The number of fused-ring (bicyclic) bond motifs is 5. The van der Waals surface area contributed by atoms with Crippen LogP contribution < -0.4 is 0 Å². The van der Waals surface area contributed by atoms with Gasteiger partial charge in [-0.05, 0) is 112 Å². The number of carbonyl (C=O) groups excluding carboxylic acids is 1. The summed E-state index contributed by atoms with van der Waals surface area (Å²) in [4.78, 5) is 12.1. The Bertz CT molecular complexity index is 810. The average Bonchev–Trinajstić information content (AvgIpc) is 3.04. The lowest BCUT2D eigenvalue weighted by atomic mass is 9.49. The summed E-state index contributed by atoms with van der Waals surface area (Å²) in [7, 11) is 0. The minimum atomic E-state index is -0.565. The fourth-order valence-corrected chi connectivity index (χ4v) is 7.79. The van der Waals surface area contributed by atoms with Crippen LogP contribution in [0, 0.1) is 34.5 Å². The second-order valence-corrected chi connectivity index (χ2v) is 11.7. The van der Waals surface area contributed by atoms with E-state index in [0.29, 0.717) is 23.7 Å². The Morgan fingerprint density at radius 2 is 1.87 bits per heavy atom. The molecular weight excluding hydrogens is 368 g/mol. The van der Waals surface area contributed by atoms with Crippen molar-refractivity contribution in [2.45, 2.75) is 99.0 Å². The highest BCUT2D eigenvalue weighted by Gasteiger charge is 2.58. The Kier molecular flexibility index (Phi) is 5.71. The van der Waals surface area contributed by atoms with Crippen LogP contribution in [0.5, 0.6) is 0 Å². The molecule has 2 fully saturated rings. The van der Waals surface area contributed by atoms with Crippen LogP contribution in [0.25, 0.3) is 0 Å². The normalized spacial score (nSPS) is 41.2. The molecule has 2 saturated carbocycles. The van der Waals surface area contributed by atoms with Gasteiger partial charge in [0.15, 0.2) is 5.78 Å². The number of hydrogen-bond acceptors (Lipinski definition) is 2. The van der Waals surface area contributed by atoms with E-state index in [1.54, 1.807) is 17.2 Å². The van der Waals surface area contributed by atoms with Crippen molar-refractivity contribution >= 4 is 5.78 Å². The molecule has 0 aromatic heterocycles. The van der Waals surface area contributed by atoms with E-state index in [2.05, 4.69) is 47.6 Å². The van der Waals surface area contributed by atoms with Crippen molar-refractivity contribution in [3.63, 3.8) is 0 Å². The average molecular weight is 411 g/mol. The van der Waals surface area contributed by atoms with E-state index in [-0.39, 0.29) is 11.2 Å². The highest BCUT2D eigenvalue weighted by Crippen LogP contribution is 2.66. The van der Waals surface area contributed by atoms with Crippen LogP contribution in [0.1, 0.15) is 92.9 Å². The molecule has 0 spiro atoms. The molecule has 1 N–H and O–H groups in total. The molecule has 0 saturated heterocycles. The standard InChI is InChI=1S/C28H42O2/c1-17(2)18(3)7-8-19(4)22-9-10-23-21-16-26(30)25-15-20(29)11-13-28(25,6)24(21)12-14-27(22,23)5/h15-16,19,22-24,26,30H,7-14H2,1-6H3/t19-,22-,23+,24+,26-,27-,28-/m1/s1. The molecule has 2 heteroatoms. The van der Waals surface area contributed by atoms with Gasteiger partial charge in [-0.15, -0.1) is 0 Å². The molecule has 7 atom stereocenters. The maximum atomic E-state index is 12.1. The molecular formula is C28H42O2. The monoisotopic (exact) mass is 410 g/mol. The fourth-order valence-electron chi connectivity index (χ4n) is 7.79. The molecule has 2 nitrogen and oxygen atoms in total. The molecule has 0 bridgehead atoms. The van der Waals surface area contributed by atoms with Gasteiger partial charge in [0.25, 0.3) is 0 Å². The third-order valence-corrected chi connectivity index (χ3v) is 10.0. The predicted octanol–water partition coefficient (Wildman–Crippen LogP) is 6.80. The first-order valence-electron chi connectivity index (χ1n) is 12.4. The van der Waals surface area contributed by atoms with Crippen LogP contribution in [0.15, 0.2) is 34.4 Å². The maximum Gasteiger partial charge on any atom is 0.155 e. The topological polar surface area (TPSA) is 37.3 Å². The van der Waals surface area contributed by atoms with E-state index in [0.717, 1.165) is 23.8 Å². The van der Waals surface area contributed by atoms with Gasteiger partial charge in [-0.3, -0.25) is 4.79 Å². The molecule has 0 unspecified atom stereocenters. The fraction of sp³-hybridized carbons (Fsp3) is 0.750. The van der Waals surface area contributed by atoms with E-state index in [1.807, 2.05) is 0 Å². The number of hydrogen-bond donors (Lipinski definition) is 1. The molecule has 0 radical (unpaired) electrons. The Balaban J connectivity index is 1.59. The Hall–Kier alpha value is -1.15. The second-order valence-electron chi connectivity index (χ2n) is 11.7. The summed E-state index contributed by atoms with van der Waals surface area (Å²) in [5.74, 6) is 2.85. The highest BCUT2D eigenvalue weighted by molar-refractivity contribution is 5.92. The molecule has 0 aromatic carbocycles. The van der Waals surface area contributed by atoms with Gasteiger partial charge in [0.2, 0.25) is 0 Å². The smallest absolute Gasteiger partial charge is 0.155 e. The van der Waals surface area contributed by atoms with Crippen LogP contribution in [0.2, 0.25) is 0 Å². The van der Waals surface area contributed by atoms with Crippen molar-refractivity contribution in [3.8, 4) is 0 Å². The van der Waals surface area contributed by atoms with Crippen LogP contribution >= 0.6 is 0 Å². The van der Waals surface area contributed by atoms with Crippen LogP contribution in [-0.2, 0) is 4.79 Å². The van der Waals surface area contributed by atoms with Gasteiger partial charge in [-0.2, -0.15) is 0 Å². The first-order chi connectivity index (χ1) is 14.1. The number of aliphatic hydroxyl groups is 1. The zero-order chi connectivity index (χ0) is 21.8. The zero-order valence-electron chi connectivity index (χ0n) is 20.1. The van der Waals surface area contributed by atoms with E-state index >= 15 is 0 Å². The number of allylic oxidation sites excluding steroid dienone is 4. The van der Waals surface area contributed by atoms with Crippen molar-refractivity contribution < 1.29 is 9.90 Å². The molecule has 4 aliphatic rings. The molecule has 0 aromatic rings. The lowest BCUT2D eigenvalue weighted by Crippen LogP contribution is -2.48. The van der Waals surface area contributed by atoms with E-state index in [4.69, 9.17) is 0 Å². The minimum absolute atomic E-state index is 0.0248. The third kappa shape index (κ3) is 3.38. The van der Waals surface area contributed by atoms with Crippen molar-refractivity contribution in [1.82, 2.24) is 0 Å². The minimum Gasteiger partial charge on any atom is -0.385 e. The molecule has 4 rings (SSSR count). The van der Waals surface area contributed by atoms with Crippen LogP contribution in [-0.4, -0.2) is 17.0 Å². The number of rotatable bonds is 4. The van der Waals surface area contributed by atoms with E-state index < -0.39 is 6.10 Å².